The van der Waals surface area contributed by atoms with E-state index in [4.69, 9.17) is 0 Å². The Bertz CT molecular complexity index is 675. The number of Topliss-reactive ketones (excluding diaryl/α,β-unsaturated/α-hetero) is 1. The van der Waals surface area contributed by atoms with Crippen molar-refractivity contribution < 1.29 is 27.9 Å². The molecule has 0 spiro atoms. The number of carboxylic acid groups (broad SMARTS) is 1. The molecule has 1 fully saturated rings. The van der Waals surface area contributed by atoms with Gasteiger partial charge in [0.05, 0.1) is 17.0 Å². The second kappa shape index (κ2) is 6.66. The maximum Gasteiger partial charge on any atom is 0.408 e. The van der Waals surface area contributed by atoms with E-state index in [0.717, 1.165) is 22.7 Å². The molecule has 1 aromatic carbocycles. The van der Waals surface area contributed by atoms with Crippen molar-refractivity contribution >= 4 is 23.6 Å². The number of thioether (sulfide) groups is 1. The first-order valence-corrected chi connectivity index (χ1v) is 8.37. The maximum absolute atomic E-state index is 14.2. The van der Waals surface area contributed by atoms with Crippen LogP contribution in [0.5, 0.6) is 0 Å². The van der Waals surface area contributed by atoms with Gasteiger partial charge in [0.15, 0.2) is 11.6 Å². The summed E-state index contributed by atoms with van der Waals surface area (Å²) in [6.07, 6.45) is -1.40. The summed E-state index contributed by atoms with van der Waals surface area (Å²) in [6.45, 7) is 4.93. The van der Waals surface area contributed by atoms with Gasteiger partial charge in [-0.2, -0.15) is 0 Å². The van der Waals surface area contributed by atoms with E-state index in [2.05, 4.69) is 0 Å². The molecule has 1 aliphatic heterocycles. The molecule has 0 aromatic heterocycles. The largest absolute Gasteiger partial charge is 0.465 e. The lowest BCUT2D eigenvalue weighted by Crippen LogP contribution is -2.54. The lowest BCUT2D eigenvalue weighted by molar-refractivity contribution is -0.118. The highest BCUT2D eigenvalue weighted by Gasteiger charge is 2.43. The third-order valence-electron chi connectivity index (χ3n) is 3.80. The molecular weight excluding hydrogens is 343 g/mol. The Morgan fingerprint density at radius 3 is 2.46 bits per heavy atom. The summed E-state index contributed by atoms with van der Waals surface area (Å²) in [5.41, 5.74) is -1.12. The topological polar surface area (TPSA) is 57.6 Å². The Labute approximate surface area is 142 Å². The molecule has 0 saturated carbocycles. The van der Waals surface area contributed by atoms with Crippen LogP contribution in [0.25, 0.3) is 0 Å². The summed E-state index contributed by atoms with van der Waals surface area (Å²) in [4.78, 5) is 24.6. The van der Waals surface area contributed by atoms with Crippen molar-refractivity contribution in [2.24, 2.45) is 0 Å². The average Bonchev–Trinajstić information content (AvgIpc) is 2.41. The van der Waals surface area contributed by atoms with Gasteiger partial charge in [-0.25, -0.2) is 18.0 Å². The summed E-state index contributed by atoms with van der Waals surface area (Å²) >= 11 is 0.998. The molecule has 2 rings (SSSR count). The molecule has 8 heteroatoms. The Hall–Kier alpha value is -1.70. The molecule has 0 radical (unpaired) electrons. The molecule has 1 N–H and O–H groups in total. The van der Waals surface area contributed by atoms with Crippen molar-refractivity contribution in [3.05, 3.63) is 35.1 Å². The Kier molecular flexibility index (Phi) is 5.17. The van der Waals surface area contributed by atoms with Crippen LogP contribution >= 0.6 is 11.8 Å². The minimum atomic E-state index is -1.33. The monoisotopic (exact) mass is 361 g/mol. The highest BCUT2D eigenvalue weighted by atomic mass is 32.2. The number of carbonyl (C=O) groups excluding carboxylic acids is 1. The predicted octanol–water partition coefficient (Wildman–Crippen LogP) is 4.00. The summed E-state index contributed by atoms with van der Waals surface area (Å²) in [5.74, 6) is -3.64. The van der Waals surface area contributed by atoms with Gasteiger partial charge in [-0.3, -0.25) is 9.69 Å². The SMILES string of the molecule is CC(C)(C)N(C(=O)O)[C@H]1CC(=O)CS[C@@H]1c1cc(F)cc(F)c1F. The normalized spacial score (nSPS) is 21.7. The van der Waals surface area contributed by atoms with Crippen LogP contribution < -0.4 is 0 Å². The molecule has 24 heavy (non-hydrogen) atoms. The number of hydrogen-bond acceptors (Lipinski definition) is 3. The van der Waals surface area contributed by atoms with Crippen LogP contribution in [0, 0.1) is 17.5 Å². The molecule has 0 unspecified atom stereocenters. The van der Waals surface area contributed by atoms with Gasteiger partial charge in [0.1, 0.15) is 11.6 Å². The van der Waals surface area contributed by atoms with Crippen LogP contribution in [-0.2, 0) is 4.79 Å². The van der Waals surface area contributed by atoms with Crippen molar-refractivity contribution in [2.75, 3.05) is 5.75 Å². The van der Waals surface area contributed by atoms with Crippen LogP contribution in [0.2, 0.25) is 0 Å². The van der Waals surface area contributed by atoms with Crippen molar-refractivity contribution in [1.82, 2.24) is 4.90 Å². The number of ketones is 1. The number of nitrogens with zero attached hydrogens (tertiary/aromatic N) is 1. The molecule has 0 bridgehead atoms. The Balaban J connectivity index is 2.54. The molecule has 1 saturated heterocycles. The number of rotatable bonds is 2. The molecule has 132 valence electrons. The number of amides is 1. The second-order valence-electron chi connectivity index (χ2n) is 6.66. The van der Waals surface area contributed by atoms with Gasteiger partial charge in [0.2, 0.25) is 0 Å². The second-order valence-corrected chi connectivity index (χ2v) is 7.79. The van der Waals surface area contributed by atoms with Gasteiger partial charge < -0.3 is 5.11 Å². The van der Waals surface area contributed by atoms with Crippen LogP contribution in [0.3, 0.4) is 0 Å². The number of halogens is 3. The van der Waals surface area contributed by atoms with Crippen molar-refractivity contribution in [3.63, 3.8) is 0 Å². The highest BCUT2D eigenvalue weighted by Crippen LogP contribution is 2.43. The van der Waals surface area contributed by atoms with Crippen LogP contribution in [0.15, 0.2) is 12.1 Å². The Morgan fingerprint density at radius 2 is 1.92 bits per heavy atom. The van der Waals surface area contributed by atoms with Gasteiger partial charge in [0, 0.05) is 23.6 Å². The van der Waals surface area contributed by atoms with Crippen LogP contribution in [0.4, 0.5) is 18.0 Å². The fourth-order valence-electron chi connectivity index (χ4n) is 2.93. The molecular formula is C16H18F3NO3S. The fourth-order valence-corrected chi connectivity index (χ4v) is 4.20. The van der Waals surface area contributed by atoms with E-state index in [1.54, 1.807) is 20.8 Å². The first-order valence-electron chi connectivity index (χ1n) is 7.32. The zero-order valence-corrected chi connectivity index (χ0v) is 14.3. The number of hydrogen-bond donors (Lipinski definition) is 1. The first kappa shape index (κ1) is 18.6. The number of carbonyl (C=O) groups is 2. The van der Waals surface area contributed by atoms with Gasteiger partial charge in [-0.05, 0) is 26.8 Å². The molecule has 1 amide bonds. The number of benzene rings is 1. The van der Waals surface area contributed by atoms with E-state index in [0.29, 0.717) is 6.07 Å². The lowest BCUT2D eigenvalue weighted by atomic mass is 9.94. The van der Waals surface area contributed by atoms with Gasteiger partial charge in [0.25, 0.3) is 0 Å². The smallest absolute Gasteiger partial charge is 0.408 e. The zero-order valence-electron chi connectivity index (χ0n) is 13.5. The van der Waals surface area contributed by atoms with Crippen LogP contribution in [-0.4, -0.2) is 39.2 Å². The van der Waals surface area contributed by atoms with Gasteiger partial charge >= 0.3 is 6.09 Å². The van der Waals surface area contributed by atoms with E-state index in [9.17, 15) is 27.9 Å². The third-order valence-corrected chi connectivity index (χ3v) is 5.21. The summed E-state index contributed by atoms with van der Waals surface area (Å²) < 4.78 is 41.3. The molecule has 1 aliphatic rings. The standard InChI is InChI=1S/C16H18F3NO3S/c1-16(2,3)20(15(22)23)12-6-9(21)7-24-14(12)10-4-8(17)5-11(18)13(10)19/h4-5,12,14H,6-7H2,1-3H3,(H,22,23)/t12-,14+/m0/s1. The molecule has 1 aromatic rings. The van der Waals surface area contributed by atoms with Crippen molar-refractivity contribution in [1.29, 1.82) is 0 Å². The van der Waals surface area contributed by atoms with E-state index < -0.39 is 40.4 Å². The zero-order chi connectivity index (χ0) is 18.2. The summed E-state index contributed by atoms with van der Waals surface area (Å²) in [5, 5.41) is 8.68. The molecule has 0 aliphatic carbocycles. The Morgan fingerprint density at radius 1 is 1.29 bits per heavy atom. The van der Waals surface area contributed by atoms with Crippen LogP contribution in [0.1, 0.15) is 38.0 Å². The molecule has 4 nitrogen and oxygen atoms in total. The molecule has 2 atom stereocenters. The quantitative estimate of drug-likeness (QED) is 0.809. The lowest BCUT2D eigenvalue weighted by Gasteiger charge is -2.44. The van der Waals surface area contributed by atoms with E-state index in [1.165, 1.54) is 0 Å². The molecule has 1 heterocycles. The minimum absolute atomic E-state index is 0.0380. The van der Waals surface area contributed by atoms with E-state index in [-0.39, 0.29) is 23.5 Å². The van der Waals surface area contributed by atoms with Crippen molar-refractivity contribution in [3.8, 4) is 0 Å². The summed E-state index contributed by atoms with van der Waals surface area (Å²) in [6, 6.07) is 0.386. The maximum atomic E-state index is 14.2. The van der Waals surface area contributed by atoms with Gasteiger partial charge in [-0.15, -0.1) is 11.8 Å². The van der Waals surface area contributed by atoms with E-state index in [1.807, 2.05) is 0 Å². The van der Waals surface area contributed by atoms with Gasteiger partial charge in [-0.1, -0.05) is 0 Å². The highest BCUT2D eigenvalue weighted by molar-refractivity contribution is 8.00. The predicted molar refractivity (Wildman–Crippen MR) is 84.5 cm³/mol. The van der Waals surface area contributed by atoms with E-state index >= 15 is 0 Å². The third kappa shape index (κ3) is 3.68. The minimum Gasteiger partial charge on any atom is -0.465 e. The summed E-state index contributed by atoms with van der Waals surface area (Å²) in [7, 11) is 0. The average molecular weight is 361 g/mol. The first-order chi connectivity index (χ1) is 11.0. The van der Waals surface area contributed by atoms with Crippen molar-refractivity contribution in [2.45, 2.75) is 44.0 Å². The fraction of sp³-hybridized carbons (Fsp3) is 0.500.